The third-order valence-corrected chi connectivity index (χ3v) is 4.01. The lowest BCUT2D eigenvalue weighted by atomic mass is 10.1. The molecule has 0 bridgehead atoms. The number of benzene rings is 1. The summed E-state index contributed by atoms with van der Waals surface area (Å²) in [5.74, 6) is -0.707. The molecule has 6 heteroatoms. The van der Waals surface area contributed by atoms with Crippen LogP contribution in [0.15, 0.2) is 67.0 Å². The van der Waals surface area contributed by atoms with Gasteiger partial charge >= 0.3 is 0 Å². The Labute approximate surface area is 157 Å². The van der Waals surface area contributed by atoms with E-state index < -0.39 is 0 Å². The van der Waals surface area contributed by atoms with E-state index >= 15 is 0 Å². The predicted molar refractivity (Wildman–Crippen MR) is 103 cm³/mol. The number of rotatable bonds is 6. The van der Waals surface area contributed by atoms with Gasteiger partial charge in [0.25, 0.3) is 11.8 Å². The Morgan fingerprint density at radius 2 is 1.63 bits per heavy atom. The molecule has 0 aliphatic heterocycles. The minimum absolute atomic E-state index is 0.184. The summed E-state index contributed by atoms with van der Waals surface area (Å²) in [6, 6.07) is 16.1. The maximum Gasteiger partial charge on any atom is 0.274 e. The van der Waals surface area contributed by atoms with Gasteiger partial charge in [-0.1, -0.05) is 31.2 Å². The number of anilines is 1. The van der Waals surface area contributed by atoms with Crippen molar-refractivity contribution in [1.29, 1.82) is 0 Å². The first-order valence-electron chi connectivity index (χ1n) is 8.70. The number of hydrogen-bond acceptors (Lipinski definition) is 4. The van der Waals surface area contributed by atoms with Gasteiger partial charge in [0.2, 0.25) is 0 Å². The van der Waals surface area contributed by atoms with Crippen LogP contribution in [0.4, 0.5) is 5.69 Å². The Kier molecular flexibility index (Phi) is 5.89. The number of hydrogen-bond donors (Lipinski definition) is 2. The Morgan fingerprint density at radius 3 is 2.30 bits per heavy atom. The number of carbonyl (C=O) groups excluding carboxylic acids is 2. The van der Waals surface area contributed by atoms with Crippen molar-refractivity contribution in [3.63, 3.8) is 0 Å². The van der Waals surface area contributed by atoms with Crippen molar-refractivity contribution in [3.8, 4) is 0 Å². The fourth-order valence-corrected chi connectivity index (χ4v) is 2.48. The standard InChI is InChI=1S/C21H20N4O2/c1-2-15-8-10-17(11-9-15)24-21(27)19-7-3-6-18(25-19)20(26)23-14-16-5-4-12-22-13-16/h3-13H,2,14H2,1H3,(H,23,26)(H,24,27). The van der Waals surface area contributed by atoms with Crippen LogP contribution in [-0.2, 0) is 13.0 Å². The van der Waals surface area contributed by atoms with Crippen LogP contribution in [0.1, 0.15) is 39.0 Å². The van der Waals surface area contributed by atoms with Gasteiger partial charge in [-0.05, 0) is 47.9 Å². The Hall–Kier alpha value is -3.54. The van der Waals surface area contributed by atoms with E-state index in [-0.39, 0.29) is 23.2 Å². The summed E-state index contributed by atoms with van der Waals surface area (Å²) in [5.41, 5.74) is 3.13. The molecule has 6 nitrogen and oxygen atoms in total. The molecule has 2 aromatic heterocycles. The van der Waals surface area contributed by atoms with Gasteiger partial charge in [0.1, 0.15) is 11.4 Å². The molecule has 136 valence electrons. The zero-order valence-corrected chi connectivity index (χ0v) is 15.0. The molecule has 0 saturated carbocycles. The summed E-state index contributed by atoms with van der Waals surface area (Å²) in [7, 11) is 0. The molecule has 2 amide bonds. The molecule has 2 heterocycles. The minimum Gasteiger partial charge on any atom is -0.347 e. The SMILES string of the molecule is CCc1ccc(NC(=O)c2cccc(C(=O)NCc3cccnc3)n2)cc1. The Morgan fingerprint density at radius 1 is 0.889 bits per heavy atom. The van der Waals surface area contributed by atoms with Gasteiger partial charge in [-0.15, -0.1) is 0 Å². The number of aryl methyl sites for hydroxylation is 1. The van der Waals surface area contributed by atoms with E-state index in [0.717, 1.165) is 12.0 Å². The van der Waals surface area contributed by atoms with Crippen molar-refractivity contribution in [2.75, 3.05) is 5.32 Å². The molecule has 2 N–H and O–H groups in total. The summed E-state index contributed by atoms with van der Waals surface area (Å²) in [5, 5.41) is 5.56. The molecule has 27 heavy (non-hydrogen) atoms. The first-order valence-corrected chi connectivity index (χ1v) is 8.70. The van der Waals surface area contributed by atoms with Crippen LogP contribution in [0.2, 0.25) is 0 Å². The van der Waals surface area contributed by atoms with E-state index in [1.807, 2.05) is 30.3 Å². The molecular weight excluding hydrogens is 340 g/mol. The lowest BCUT2D eigenvalue weighted by molar-refractivity contribution is 0.0945. The topological polar surface area (TPSA) is 84.0 Å². The van der Waals surface area contributed by atoms with Gasteiger partial charge in [0.15, 0.2) is 0 Å². The van der Waals surface area contributed by atoms with E-state index in [2.05, 4.69) is 27.5 Å². The number of nitrogens with zero attached hydrogens (tertiary/aromatic N) is 2. The highest BCUT2D eigenvalue weighted by atomic mass is 16.2. The average molecular weight is 360 g/mol. The van der Waals surface area contributed by atoms with Gasteiger partial charge < -0.3 is 10.6 Å². The van der Waals surface area contributed by atoms with Crippen molar-refractivity contribution in [2.45, 2.75) is 19.9 Å². The van der Waals surface area contributed by atoms with Crippen molar-refractivity contribution in [2.24, 2.45) is 0 Å². The molecule has 0 atom stereocenters. The van der Waals surface area contributed by atoms with Crippen LogP contribution < -0.4 is 10.6 Å². The van der Waals surface area contributed by atoms with Crippen molar-refractivity contribution in [1.82, 2.24) is 15.3 Å². The predicted octanol–water partition coefficient (Wildman–Crippen LogP) is 3.22. The monoisotopic (exact) mass is 360 g/mol. The highest BCUT2D eigenvalue weighted by Gasteiger charge is 2.12. The van der Waals surface area contributed by atoms with Gasteiger partial charge in [-0.2, -0.15) is 0 Å². The molecule has 3 rings (SSSR count). The third-order valence-electron chi connectivity index (χ3n) is 4.01. The zero-order valence-electron chi connectivity index (χ0n) is 15.0. The van der Waals surface area contributed by atoms with Crippen LogP contribution in [0.5, 0.6) is 0 Å². The molecule has 0 aliphatic rings. The molecule has 0 aliphatic carbocycles. The lowest BCUT2D eigenvalue weighted by Gasteiger charge is -2.08. The Balaban J connectivity index is 1.64. The molecule has 3 aromatic rings. The molecule has 0 unspecified atom stereocenters. The fourth-order valence-electron chi connectivity index (χ4n) is 2.48. The number of amides is 2. The van der Waals surface area contributed by atoms with Gasteiger partial charge in [-0.3, -0.25) is 14.6 Å². The van der Waals surface area contributed by atoms with Gasteiger partial charge in [0.05, 0.1) is 0 Å². The quantitative estimate of drug-likeness (QED) is 0.707. The molecular formula is C21H20N4O2. The molecule has 0 fully saturated rings. The fraction of sp³-hybridized carbons (Fsp3) is 0.143. The highest BCUT2D eigenvalue weighted by molar-refractivity contribution is 6.03. The number of pyridine rings is 2. The molecule has 1 aromatic carbocycles. The third kappa shape index (κ3) is 4.98. The summed E-state index contributed by atoms with van der Waals surface area (Å²) in [4.78, 5) is 32.9. The van der Waals surface area contributed by atoms with Crippen LogP contribution in [0.25, 0.3) is 0 Å². The first-order chi connectivity index (χ1) is 13.2. The van der Waals surface area contributed by atoms with E-state index in [1.165, 1.54) is 5.56 Å². The summed E-state index contributed by atoms with van der Waals surface area (Å²) >= 11 is 0. The first kappa shape index (κ1) is 18.3. The summed E-state index contributed by atoms with van der Waals surface area (Å²) < 4.78 is 0. The second-order valence-electron chi connectivity index (χ2n) is 5.96. The second-order valence-corrected chi connectivity index (χ2v) is 5.96. The van der Waals surface area contributed by atoms with Crippen LogP contribution in [0.3, 0.4) is 0 Å². The number of carbonyl (C=O) groups is 2. The summed E-state index contributed by atoms with van der Waals surface area (Å²) in [6.07, 6.45) is 4.29. The van der Waals surface area contributed by atoms with Crippen LogP contribution in [0, 0.1) is 0 Å². The smallest absolute Gasteiger partial charge is 0.274 e. The zero-order chi connectivity index (χ0) is 19.1. The normalized spacial score (nSPS) is 10.3. The second kappa shape index (κ2) is 8.71. The van der Waals surface area contributed by atoms with E-state index in [0.29, 0.717) is 12.2 Å². The molecule has 0 spiro atoms. The lowest BCUT2D eigenvalue weighted by Crippen LogP contribution is -2.25. The van der Waals surface area contributed by atoms with Gasteiger partial charge in [-0.25, -0.2) is 4.98 Å². The van der Waals surface area contributed by atoms with E-state index in [4.69, 9.17) is 0 Å². The van der Waals surface area contributed by atoms with E-state index in [9.17, 15) is 9.59 Å². The number of aromatic nitrogens is 2. The van der Waals surface area contributed by atoms with Crippen molar-refractivity contribution in [3.05, 3.63) is 89.5 Å². The molecule has 0 radical (unpaired) electrons. The largest absolute Gasteiger partial charge is 0.347 e. The average Bonchev–Trinajstić information content (AvgIpc) is 2.73. The van der Waals surface area contributed by atoms with E-state index in [1.54, 1.807) is 36.7 Å². The van der Waals surface area contributed by atoms with Gasteiger partial charge in [0, 0.05) is 24.6 Å². The van der Waals surface area contributed by atoms with Crippen LogP contribution >= 0.6 is 0 Å². The minimum atomic E-state index is -0.360. The van der Waals surface area contributed by atoms with Crippen LogP contribution in [-0.4, -0.2) is 21.8 Å². The highest BCUT2D eigenvalue weighted by Crippen LogP contribution is 2.11. The maximum atomic E-state index is 12.4. The Bertz CT molecular complexity index is 924. The molecule has 0 saturated heterocycles. The maximum absolute atomic E-state index is 12.4. The summed E-state index contributed by atoms with van der Waals surface area (Å²) in [6.45, 7) is 2.41. The van der Waals surface area contributed by atoms with Crippen molar-refractivity contribution >= 4 is 17.5 Å². The number of nitrogens with one attached hydrogen (secondary N) is 2. The van der Waals surface area contributed by atoms with Crippen molar-refractivity contribution < 1.29 is 9.59 Å².